The first-order valence-corrected chi connectivity index (χ1v) is 8.60. The van der Waals surface area contributed by atoms with Crippen molar-refractivity contribution < 1.29 is 14.3 Å². The van der Waals surface area contributed by atoms with Crippen LogP contribution in [0.3, 0.4) is 0 Å². The van der Waals surface area contributed by atoms with E-state index in [9.17, 15) is 4.79 Å². The maximum Gasteiger partial charge on any atom is 0.274 e. The first-order chi connectivity index (χ1) is 13.1. The van der Waals surface area contributed by atoms with Crippen LogP contribution >= 0.6 is 0 Å². The number of pyridine rings is 1. The minimum Gasteiger partial charge on any atom is -0.454 e. The summed E-state index contributed by atoms with van der Waals surface area (Å²) in [5.41, 5.74) is 5.14. The number of aromatic nitrogens is 1. The Bertz CT molecular complexity index is 1020. The van der Waals surface area contributed by atoms with Gasteiger partial charge in [-0.2, -0.15) is 0 Å². The fraction of sp³-hybridized carbons (Fsp3) is 0.143. The van der Waals surface area contributed by atoms with Gasteiger partial charge >= 0.3 is 0 Å². The number of hydrogen-bond acceptors (Lipinski definition) is 5. The van der Waals surface area contributed by atoms with Gasteiger partial charge in [-0.1, -0.05) is 6.07 Å². The van der Waals surface area contributed by atoms with Gasteiger partial charge in [0.2, 0.25) is 6.79 Å². The molecule has 0 bridgehead atoms. The van der Waals surface area contributed by atoms with Crippen molar-refractivity contribution in [2.45, 2.75) is 13.8 Å². The highest BCUT2D eigenvalue weighted by atomic mass is 16.7. The molecule has 1 amide bonds. The number of nitrogens with zero attached hydrogens (tertiary/aromatic N) is 1. The number of fused-ring (bicyclic) bond motifs is 1. The first kappa shape index (κ1) is 16.9. The molecule has 0 radical (unpaired) electrons. The van der Waals surface area contributed by atoms with Gasteiger partial charge in [0.25, 0.3) is 5.91 Å². The summed E-state index contributed by atoms with van der Waals surface area (Å²) in [4.78, 5) is 16.7. The Balaban J connectivity index is 1.49. The Morgan fingerprint density at radius 3 is 2.52 bits per heavy atom. The van der Waals surface area contributed by atoms with E-state index in [0.717, 1.165) is 11.4 Å². The number of carbonyl (C=O) groups excluding carboxylic acids is 1. The van der Waals surface area contributed by atoms with E-state index in [-0.39, 0.29) is 12.7 Å². The number of nitrogens with one attached hydrogen (secondary N) is 2. The van der Waals surface area contributed by atoms with Crippen LogP contribution in [0.2, 0.25) is 0 Å². The zero-order chi connectivity index (χ0) is 18.8. The third kappa shape index (κ3) is 3.69. The molecule has 136 valence electrons. The highest BCUT2D eigenvalue weighted by Gasteiger charge is 2.15. The summed E-state index contributed by atoms with van der Waals surface area (Å²) < 4.78 is 10.6. The molecule has 0 saturated heterocycles. The second-order valence-electron chi connectivity index (χ2n) is 6.38. The molecule has 0 unspecified atom stereocenters. The molecule has 1 aliphatic rings. The summed E-state index contributed by atoms with van der Waals surface area (Å²) in [5.74, 6) is 0.995. The Kier molecular flexibility index (Phi) is 4.38. The molecular weight excluding hydrogens is 342 g/mol. The van der Waals surface area contributed by atoms with Gasteiger partial charge in [-0.15, -0.1) is 0 Å². The van der Waals surface area contributed by atoms with Crippen LogP contribution < -0.4 is 20.1 Å². The first-order valence-electron chi connectivity index (χ1n) is 8.60. The quantitative estimate of drug-likeness (QED) is 0.719. The van der Waals surface area contributed by atoms with Gasteiger partial charge in [0.15, 0.2) is 11.5 Å². The summed E-state index contributed by atoms with van der Waals surface area (Å²) in [7, 11) is 0. The van der Waals surface area contributed by atoms with Gasteiger partial charge in [-0.3, -0.25) is 9.78 Å². The van der Waals surface area contributed by atoms with E-state index >= 15 is 0 Å². The molecule has 4 rings (SSSR count). The van der Waals surface area contributed by atoms with E-state index in [1.807, 2.05) is 12.1 Å². The number of aryl methyl sites for hydroxylation is 2. The van der Waals surface area contributed by atoms with Gasteiger partial charge in [0.05, 0.1) is 0 Å². The Hall–Kier alpha value is -3.54. The second-order valence-corrected chi connectivity index (χ2v) is 6.38. The molecule has 2 heterocycles. The molecule has 6 heteroatoms. The lowest BCUT2D eigenvalue weighted by Crippen LogP contribution is -2.13. The summed E-state index contributed by atoms with van der Waals surface area (Å²) in [6.07, 6.45) is 1.61. The van der Waals surface area contributed by atoms with E-state index in [1.165, 1.54) is 11.1 Å². The normalized spacial score (nSPS) is 11.9. The molecule has 0 saturated carbocycles. The molecule has 3 aromatic rings. The summed E-state index contributed by atoms with van der Waals surface area (Å²) >= 11 is 0. The fourth-order valence-electron chi connectivity index (χ4n) is 2.79. The Morgan fingerprint density at radius 1 is 0.889 bits per heavy atom. The van der Waals surface area contributed by atoms with E-state index < -0.39 is 0 Å². The molecule has 2 N–H and O–H groups in total. The van der Waals surface area contributed by atoms with Crippen LogP contribution in [-0.2, 0) is 0 Å². The third-order valence-electron chi connectivity index (χ3n) is 4.42. The topological polar surface area (TPSA) is 72.5 Å². The number of ether oxygens (including phenoxy) is 2. The third-order valence-corrected chi connectivity index (χ3v) is 4.42. The minimum absolute atomic E-state index is 0.195. The van der Waals surface area contributed by atoms with Crippen molar-refractivity contribution in [1.29, 1.82) is 0 Å². The maximum atomic E-state index is 12.5. The van der Waals surface area contributed by atoms with Crippen LogP contribution in [0.1, 0.15) is 21.6 Å². The highest BCUT2D eigenvalue weighted by molar-refractivity contribution is 6.03. The van der Waals surface area contributed by atoms with Crippen molar-refractivity contribution in [2.24, 2.45) is 0 Å². The van der Waals surface area contributed by atoms with Crippen molar-refractivity contribution in [2.75, 3.05) is 17.4 Å². The Labute approximate surface area is 157 Å². The monoisotopic (exact) mass is 361 g/mol. The molecule has 0 fully saturated rings. The summed E-state index contributed by atoms with van der Waals surface area (Å²) in [6, 6.07) is 15.0. The molecule has 2 aromatic carbocycles. The minimum atomic E-state index is -0.294. The van der Waals surface area contributed by atoms with Crippen LogP contribution in [0.25, 0.3) is 0 Å². The summed E-state index contributed by atoms with van der Waals surface area (Å²) in [6.45, 7) is 4.34. The average Bonchev–Trinajstić information content (AvgIpc) is 3.13. The molecule has 0 spiro atoms. The molecular formula is C21H19N3O3. The van der Waals surface area contributed by atoms with E-state index in [0.29, 0.717) is 22.9 Å². The van der Waals surface area contributed by atoms with Crippen molar-refractivity contribution in [1.82, 2.24) is 4.98 Å². The van der Waals surface area contributed by atoms with Crippen LogP contribution in [0.15, 0.2) is 54.7 Å². The predicted octanol–water partition coefficient (Wildman–Crippen LogP) is 4.42. The number of benzene rings is 2. The highest BCUT2D eigenvalue weighted by Crippen LogP contribution is 2.34. The fourth-order valence-corrected chi connectivity index (χ4v) is 2.79. The van der Waals surface area contributed by atoms with Crippen molar-refractivity contribution in [3.05, 3.63) is 71.5 Å². The number of anilines is 3. The number of amides is 1. The number of rotatable bonds is 4. The standard InChI is InChI=1S/C21H19N3O3/c1-13-3-4-15(9-14(13)2)23-17-7-8-22-18(10-17)21(25)24-16-5-6-19-20(11-16)27-12-26-19/h3-11H,12H2,1-2H3,(H,22,23)(H,24,25). The summed E-state index contributed by atoms with van der Waals surface area (Å²) in [5, 5.41) is 6.14. The van der Waals surface area contributed by atoms with Gasteiger partial charge in [0.1, 0.15) is 5.69 Å². The maximum absolute atomic E-state index is 12.5. The molecule has 0 aliphatic carbocycles. The molecule has 6 nitrogen and oxygen atoms in total. The average molecular weight is 361 g/mol. The van der Waals surface area contributed by atoms with Gasteiger partial charge in [-0.25, -0.2) is 0 Å². The van der Waals surface area contributed by atoms with E-state index in [1.54, 1.807) is 30.5 Å². The zero-order valence-electron chi connectivity index (χ0n) is 15.1. The lowest BCUT2D eigenvalue weighted by Gasteiger charge is -2.10. The van der Waals surface area contributed by atoms with Crippen LogP contribution in [0, 0.1) is 13.8 Å². The second kappa shape index (κ2) is 6.99. The van der Waals surface area contributed by atoms with Gasteiger partial charge < -0.3 is 20.1 Å². The van der Waals surface area contributed by atoms with Crippen LogP contribution in [-0.4, -0.2) is 17.7 Å². The largest absolute Gasteiger partial charge is 0.454 e. The van der Waals surface area contributed by atoms with E-state index in [4.69, 9.17) is 9.47 Å². The van der Waals surface area contributed by atoms with Gasteiger partial charge in [-0.05, 0) is 61.4 Å². The van der Waals surface area contributed by atoms with E-state index in [2.05, 4.69) is 41.6 Å². The zero-order valence-corrected chi connectivity index (χ0v) is 15.1. The van der Waals surface area contributed by atoms with Crippen LogP contribution in [0.4, 0.5) is 17.1 Å². The van der Waals surface area contributed by atoms with Crippen LogP contribution in [0.5, 0.6) is 11.5 Å². The van der Waals surface area contributed by atoms with Crippen molar-refractivity contribution in [3.63, 3.8) is 0 Å². The lowest BCUT2D eigenvalue weighted by atomic mass is 10.1. The van der Waals surface area contributed by atoms with Gasteiger partial charge in [0, 0.05) is 29.3 Å². The Morgan fingerprint density at radius 2 is 1.67 bits per heavy atom. The SMILES string of the molecule is Cc1ccc(Nc2ccnc(C(=O)Nc3ccc4c(c3)OCO4)c2)cc1C. The molecule has 1 aromatic heterocycles. The number of carbonyl (C=O) groups is 1. The molecule has 1 aliphatic heterocycles. The van der Waals surface area contributed by atoms with Crippen molar-refractivity contribution in [3.8, 4) is 11.5 Å². The molecule has 0 atom stereocenters. The molecule has 27 heavy (non-hydrogen) atoms. The predicted molar refractivity (Wildman–Crippen MR) is 104 cm³/mol. The smallest absolute Gasteiger partial charge is 0.274 e. The lowest BCUT2D eigenvalue weighted by molar-refractivity contribution is 0.102. The number of hydrogen-bond donors (Lipinski definition) is 2. The van der Waals surface area contributed by atoms with Crippen molar-refractivity contribution >= 4 is 23.0 Å².